The number of hydrogen-bond acceptors (Lipinski definition) is 4. The predicted octanol–water partition coefficient (Wildman–Crippen LogP) is 20.5. The zero-order valence-corrected chi connectivity index (χ0v) is 49.5. The predicted molar refractivity (Wildman–Crippen MR) is 359 cm³/mol. The minimum absolute atomic E-state index is 0.778. The molecule has 0 heterocycles. The van der Waals surface area contributed by atoms with Gasteiger partial charge in [0.25, 0.3) is 0 Å². The molecule has 0 aliphatic carbocycles. The van der Waals surface area contributed by atoms with Crippen molar-refractivity contribution in [3.63, 3.8) is 0 Å². The number of fused-ring (bicyclic) bond motifs is 4. The van der Waals surface area contributed by atoms with Gasteiger partial charge in [-0.25, -0.2) is 0 Å². The van der Waals surface area contributed by atoms with Crippen LogP contribution < -0.4 is 0 Å². The molecule has 414 valence electrons. The Morgan fingerprint density at radius 3 is 1.13 bits per heavy atom. The molecule has 0 aliphatic rings. The van der Waals surface area contributed by atoms with Gasteiger partial charge in [0.15, 0.2) is 0 Å². The fourth-order valence-corrected chi connectivity index (χ4v) is 14.6. The van der Waals surface area contributed by atoms with Crippen LogP contribution in [0.2, 0.25) is 0 Å². The standard InChI is InChI=1S/C81H66O4/c1-45-24-33-57(54-20-11-10-19-53(45)54)66-41-71(79(4,5)83)67(42-70(66)78(2,3)82)59-35-32-52-40-64(60-23-15-18-48-31-37-62(59)77(52)76(48)60)50-27-28-51-39-65(56-22-13-12-21-55(56)63(51)38-50)69-44-72(80(6,7)84)68(43-73(69)81(8,9)85)58-34-29-49-26-25-46-16-14-17-47-30-36-61(58)75(49)74(46)47/h10-44,82-85H,1-9H3. The van der Waals surface area contributed by atoms with Gasteiger partial charge in [-0.2, -0.15) is 0 Å². The van der Waals surface area contributed by atoms with E-state index >= 15 is 0 Å². The van der Waals surface area contributed by atoms with E-state index in [4.69, 9.17) is 0 Å². The highest BCUT2D eigenvalue weighted by atomic mass is 16.3. The number of benzene rings is 15. The Morgan fingerprint density at radius 1 is 0.224 bits per heavy atom. The molecule has 15 aromatic carbocycles. The zero-order valence-electron chi connectivity index (χ0n) is 49.5. The fourth-order valence-electron chi connectivity index (χ4n) is 14.6. The van der Waals surface area contributed by atoms with Crippen LogP contribution in [0.4, 0.5) is 0 Å². The largest absolute Gasteiger partial charge is 0.386 e. The molecular weight excluding hydrogens is 1040 g/mol. The molecule has 4 nitrogen and oxygen atoms in total. The second kappa shape index (κ2) is 18.5. The first-order chi connectivity index (χ1) is 40.6. The molecule has 0 saturated carbocycles. The first-order valence-corrected chi connectivity index (χ1v) is 29.7. The maximum Gasteiger partial charge on any atom is 0.0846 e. The number of aliphatic hydroxyl groups is 4. The normalized spacial score (nSPS) is 13.0. The lowest BCUT2D eigenvalue weighted by atomic mass is 9.78. The zero-order chi connectivity index (χ0) is 58.8. The molecule has 4 heteroatoms. The van der Waals surface area contributed by atoms with Gasteiger partial charge in [0.1, 0.15) is 0 Å². The summed E-state index contributed by atoms with van der Waals surface area (Å²) in [6, 6.07) is 76.4. The van der Waals surface area contributed by atoms with Crippen LogP contribution in [0.1, 0.15) is 83.2 Å². The monoisotopic (exact) mass is 1100 g/mol. The second-order valence-corrected chi connectivity index (χ2v) is 26.1. The average molecular weight is 1100 g/mol. The van der Waals surface area contributed by atoms with E-state index in [9.17, 15) is 20.4 Å². The maximum absolute atomic E-state index is 12.3. The summed E-state index contributed by atoms with van der Waals surface area (Å²) >= 11 is 0. The van der Waals surface area contributed by atoms with Crippen LogP contribution in [0.15, 0.2) is 212 Å². The summed E-state index contributed by atoms with van der Waals surface area (Å²) in [6.45, 7) is 17.0. The van der Waals surface area contributed by atoms with Crippen molar-refractivity contribution in [2.24, 2.45) is 0 Å². The SMILES string of the molecule is Cc1ccc(-c2cc(C(C)(C)O)c(-c3ccc4cc(-c5ccc6cc(-c7cc(C(C)(C)O)c(-c8ccc9ccc%10cccc%11ccc8c9c%10%11)cc7C(C)(C)O)c7ccccc7c6c5)c5cccc6ccc3c4c65)cc2C(C)(C)O)c2ccccc12. The molecule has 0 aliphatic heterocycles. The van der Waals surface area contributed by atoms with Crippen molar-refractivity contribution >= 4 is 97.0 Å². The molecule has 0 saturated heterocycles. The summed E-state index contributed by atoms with van der Waals surface area (Å²) in [5.41, 5.74) is 9.19. The topological polar surface area (TPSA) is 80.9 Å². The molecular formula is C81H66O4. The molecule has 4 N–H and O–H groups in total. The van der Waals surface area contributed by atoms with Crippen molar-refractivity contribution in [2.75, 3.05) is 0 Å². The maximum atomic E-state index is 12.3. The lowest BCUT2D eigenvalue weighted by molar-refractivity contribution is 0.0753. The van der Waals surface area contributed by atoms with Crippen LogP contribution in [0, 0.1) is 6.92 Å². The Hall–Kier alpha value is -9.00. The third-order valence-corrected chi connectivity index (χ3v) is 18.6. The molecule has 0 aromatic heterocycles. The second-order valence-electron chi connectivity index (χ2n) is 26.1. The number of rotatable bonds is 9. The minimum Gasteiger partial charge on any atom is -0.386 e. The van der Waals surface area contributed by atoms with E-state index in [2.05, 4.69) is 219 Å². The quantitative estimate of drug-likeness (QED) is 0.109. The van der Waals surface area contributed by atoms with E-state index in [1.807, 2.05) is 55.4 Å². The van der Waals surface area contributed by atoms with Crippen LogP contribution in [0.5, 0.6) is 0 Å². The first kappa shape index (κ1) is 52.8. The van der Waals surface area contributed by atoms with Gasteiger partial charge < -0.3 is 20.4 Å². The van der Waals surface area contributed by atoms with Crippen LogP contribution >= 0.6 is 0 Å². The van der Waals surface area contributed by atoms with Gasteiger partial charge in [0, 0.05) is 0 Å². The first-order valence-electron chi connectivity index (χ1n) is 29.7. The third-order valence-electron chi connectivity index (χ3n) is 18.6. The summed E-state index contributed by atoms with van der Waals surface area (Å²) in [5.74, 6) is 0. The van der Waals surface area contributed by atoms with Gasteiger partial charge in [-0.15, -0.1) is 0 Å². The number of hydrogen-bond donors (Lipinski definition) is 4. The van der Waals surface area contributed by atoms with Gasteiger partial charge in [-0.1, -0.05) is 170 Å². The van der Waals surface area contributed by atoms with E-state index < -0.39 is 22.4 Å². The van der Waals surface area contributed by atoms with Crippen molar-refractivity contribution in [3.05, 3.63) is 240 Å². The lowest BCUT2D eigenvalue weighted by Crippen LogP contribution is -2.21. The van der Waals surface area contributed by atoms with E-state index in [-0.39, 0.29) is 0 Å². The number of aryl methyl sites for hydroxylation is 1. The summed E-state index contributed by atoms with van der Waals surface area (Å²) in [4.78, 5) is 0. The highest BCUT2D eigenvalue weighted by Gasteiger charge is 2.33. The Kier molecular flexibility index (Phi) is 11.5. The summed E-state index contributed by atoms with van der Waals surface area (Å²) in [7, 11) is 0. The van der Waals surface area contributed by atoms with Crippen LogP contribution in [-0.2, 0) is 22.4 Å². The van der Waals surface area contributed by atoms with E-state index in [1.165, 1.54) is 37.9 Å². The van der Waals surface area contributed by atoms with Crippen molar-refractivity contribution in [1.82, 2.24) is 0 Å². The molecule has 15 rings (SSSR count). The highest BCUT2D eigenvalue weighted by molar-refractivity contribution is 6.29. The average Bonchev–Trinajstić information content (AvgIpc) is 1.65. The van der Waals surface area contributed by atoms with Crippen molar-refractivity contribution in [1.29, 1.82) is 0 Å². The van der Waals surface area contributed by atoms with Crippen molar-refractivity contribution in [2.45, 2.75) is 84.7 Å². The molecule has 0 atom stereocenters. The minimum atomic E-state index is -1.25. The van der Waals surface area contributed by atoms with Crippen LogP contribution in [0.25, 0.3) is 153 Å². The summed E-state index contributed by atoms with van der Waals surface area (Å²) in [5, 5.41) is 69.4. The molecule has 0 radical (unpaired) electrons. The van der Waals surface area contributed by atoms with Gasteiger partial charge in [-0.3, -0.25) is 0 Å². The van der Waals surface area contributed by atoms with Crippen molar-refractivity contribution < 1.29 is 20.4 Å². The smallest absolute Gasteiger partial charge is 0.0846 e. The molecule has 0 fully saturated rings. The van der Waals surface area contributed by atoms with Gasteiger partial charge in [0.05, 0.1) is 22.4 Å². The molecule has 0 spiro atoms. The van der Waals surface area contributed by atoms with Gasteiger partial charge in [-0.05, 0) is 285 Å². The van der Waals surface area contributed by atoms with Crippen molar-refractivity contribution in [3.8, 4) is 55.6 Å². The molecule has 85 heavy (non-hydrogen) atoms. The third kappa shape index (κ3) is 8.26. The van der Waals surface area contributed by atoms with Gasteiger partial charge in [0.2, 0.25) is 0 Å². The highest BCUT2D eigenvalue weighted by Crippen LogP contribution is 2.51. The lowest BCUT2D eigenvalue weighted by Gasteiger charge is -2.30. The Morgan fingerprint density at radius 2 is 0.576 bits per heavy atom. The molecule has 0 unspecified atom stereocenters. The molecule has 0 amide bonds. The Bertz CT molecular complexity index is 5270. The summed E-state index contributed by atoms with van der Waals surface area (Å²) < 4.78 is 0. The van der Waals surface area contributed by atoms with Crippen LogP contribution in [0.3, 0.4) is 0 Å². The molecule has 15 aromatic rings. The fraction of sp³-hybridized carbons (Fsp3) is 0.160. The van der Waals surface area contributed by atoms with Gasteiger partial charge >= 0.3 is 0 Å². The Labute approximate surface area is 495 Å². The Balaban J connectivity index is 0.899. The van der Waals surface area contributed by atoms with Crippen LogP contribution in [-0.4, -0.2) is 20.4 Å². The van der Waals surface area contributed by atoms with E-state index in [0.29, 0.717) is 0 Å². The van der Waals surface area contributed by atoms with E-state index in [0.717, 1.165) is 143 Å². The summed E-state index contributed by atoms with van der Waals surface area (Å²) in [6.07, 6.45) is 0. The van der Waals surface area contributed by atoms with E-state index in [1.54, 1.807) is 0 Å². The molecule has 0 bridgehead atoms.